The summed E-state index contributed by atoms with van der Waals surface area (Å²) >= 11 is 0. The Balaban J connectivity index is 0.000001000. The molecule has 0 spiro atoms. The maximum Gasteiger partial charge on any atom is 0.102 e. The van der Waals surface area contributed by atoms with Crippen LogP contribution in [0.25, 0.3) is 0 Å². The first-order chi connectivity index (χ1) is 4.77. The Kier molecular flexibility index (Phi) is 5.64. The molecule has 0 unspecified atom stereocenters. The molecule has 2 nitrogen and oxygen atoms in total. The summed E-state index contributed by atoms with van der Waals surface area (Å²) in [5.74, 6) is 0. The van der Waals surface area contributed by atoms with E-state index in [1.165, 1.54) is 30.5 Å². The fourth-order valence-electron chi connectivity index (χ4n) is 1.55. The Morgan fingerprint density at radius 1 is 1.27 bits per heavy atom. The van der Waals surface area contributed by atoms with Gasteiger partial charge in [0.05, 0.1) is 26.8 Å². The minimum absolute atomic E-state index is 0. The van der Waals surface area contributed by atoms with Gasteiger partial charge in [-0.25, -0.2) is 0 Å². The fraction of sp³-hybridized carbons (Fsp3) is 1.00. The van der Waals surface area contributed by atoms with Crippen molar-refractivity contribution in [2.24, 2.45) is 0 Å². The minimum Gasteiger partial charge on any atom is -1.00 e. The van der Waals surface area contributed by atoms with Gasteiger partial charge in [-0.3, -0.25) is 0 Å². The van der Waals surface area contributed by atoms with Crippen molar-refractivity contribution in [3.63, 3.8) is 0 Å². The summed E-state index contributed by atoms with van der Waals surface area (Å²) in [7, 11) is 2.33. The number of morpholine rings is 1. The molecule has 0 atom stereocenters. The van der Waals surface area contributed by atoms with Crippen molar-refractivity contribution < 1.29 is 33.2 Å². The van der Waals surface area contributed by atoms with Gasteiger partial charge in [0.15, 0.2) is 0 Å². The Morgan fingerprint density at radius 2 is 1.82 bits per heavy atom. The molecule has 0 amide bonds. The van der Waals surface area contributed by atoms with Gasteiger partial charge in [-0.15, -0.1) is 0 Å². The summed E-state index contributed by atoms with van der Waals surface area (Å²) < 4.78 is 6.51. The van der Waals surface area contributed by atoms with Gasteiger partial charge in [0.25, 0.3) is 0 Å². The average molecular weight is 271 g/mol. The quantitative estimate of drug-likeness (QED) is 0.412. The number of hydrogen-bond donors (Lipinski definition) is 0. The van der Waals surface area contributed by atoms with Gasteiger partial charge in [-0.2, -0.15) is 0 Å². The number of rotatable bonds is 2. The van der Waals surface area contributed by atoms with Crippen molar-refractivity contribution in [2.45, 2.75) is 13.3 Å². The highest BCUT2D eigenvalue weighted by Gasteiger charge is 2.23. The van der Waals surface area contributed by atoms with Crippen LogP contribution >= 0.6 is 0 Å². The second-order valence-electron chi connectivity index (χ2n) is 3.40. The molecular weight excluding hydrogens is 253 g/mol. The zero-order valence-electron chi connectivity index (χ0n) is 7.48. The van der Waals surface area contributed by atoms with Crippen LogP contribution in [0, 0.1) is 0 Å². The molecule has 1 saturated heterocycles. The molecular formula is C8H18INO. The molecule has 0 radical (unpaired) electrons. The van der Waals surface area contributed by atoms with Gasteiger partial charge in [-0.05, 0) is 6.42 Å². The van der Waals surface area contributed by atoms with Crippen LogP contribution in [0.15, 0.2) is 0 Å². The van der Waals surface area contributed by atoms with E-state index in [1.807, 2.05) is 0 Å². The topological polar surface area (TPSA) is 9.23 Å². The third kappa shape index (κ3) is 3.71. The van der Waals surface area contributed by atoms with Gasteiger partial charge in [-0.1, -0.05) is 6.92 Å². The maximum atomic E-state index is 5.30. The summed E-state index contributed by atoms with van der Waals surface area (Å²) in [5, 5.41) is 0. The summed E-state index contributed by atoms with van der Waals surface area (Å²) in [6, 6.07) is 0. The van der Waals surface area contributed by atoms with E-state index in [4.69, 9.17) is 4.74 Å². The zero-order chi connectivity index (χ0) is 7.45. The van der Waals surface area contributed by atoms with Crippen molar-refractivity contribution in [3.05, 3.63) is 0 Å². The van der Waals surface area contributed by atoms with Crippen molar-refractivity contribution in [1.82, 2.24) is 0 Å². The number of quaternary nitrogens is 1. The van der Waals surface area contributed by atoms with Crippen LogP contribution in [0.1, 0.15) is 13.3 Å². The number of likely N-dealkylation sites (N-methyl/N-ethyl adjacent to an activating group) is 1. The van der Waals surface area contributed by atoms with E-state index in [0.29, 0.717) is 0 Å². The van der Waals surface area contributed by atoms with Crippen LogP contribution in [0.2, 0.25) is 0 Å². The first-order valence-electron chi connectivity index (χ1n) is 4.18. The van der Waals surface area contributed by atoms with Crippen LogP contribution in [0.5, 0.6) is 0 Å². The predicted octanol–water partition coefficient (Wildman–Crippen LogP) is -2.12. The van der Waals surface area contributed by atoms with Crippen LogP contribution in [0.4, 0.5) is 0 Å². The van der Waals surface area contributed by atoms with Gasteiger partial charge in [0.2, 0.25) is 0 Å². The smallest absolute Gasteiger partial charge is 0.102 e. The zero-order valence-corrected chi connectivity index (χ0v) is 9.63. The molecule has 0 N–H and O–H groups in total. The first-order valence-corrected chi connectivity index (χ1v) is 4.18. The van der Waals surface area contributed by atoms with Crippen molar-refractivity contribution in [1.29, 1.82) is 0 Å². The Morgan fingerprint density at radius 3 is 2.27 bits per heavy atom. The number of hydrogen-bond acceptors (Lipinski definition) is 1. The van der Waals surface area contributed by atoms with Crippen molar-refractivity contribution in [2.75, 3.05) is 39.9 Å². The van der Waals surface area contributed by atoms with Crippen molar-refractivity contribution >= 4 is 0 Å². The highest BCUT2D eigenvalue weighted by molar-refractivity contribution is 4.45. The predicted molar refractivity (Wildman–Crippen MR) is 41.9 cm³/mol. The van der Waals surface area contributed by atoms with Crippen LogP contribution in [-0.4, -0.2) is 44.4 Å². The normalized spacial score (nSPS) is 22.4. The van der Waals surface area contributed by atoms with E-state index in [0.717, 1.165) is 13.2 Å². The van der Waals surface area contributed by atoms with Crippen molar-refractivity contribution in [3.8, 4) is 0 Å². The lowest BCUT2D eigenvalue weighted by Gasteiger charge is -2.37. The molecule has 1 aliphatic rings. The van der Waals surface area contributed by atoms with E-state index < -0.39 is 0 Å². The lowest BCUT2D eigenvalue weighted by Crippen LogP contribution is -3.00. The summed E-state index contributed by atoms with van der Waals surface area (Å²) in [5.41, 5.74) is 0. The molecule has 1 fully saturated rings. The van der Waals surface area contributed by atoms with E-state index >= 15 is 0 Å². The summed E-state index contributed by atoms with van der Waals surface area (Å²) in [6.07, 6.45) is 1.29. The fourth-order valence-corrected chi connectivity index (χ4v) is 1.55. The molecule has 3 heteroatoms. The SMILES string of the molecule is CCC[N+]1(C)CCOCC1.[I-]. The number of halogens is 1. The first kappa shape index (κ1) is 11.6. The van der Waals surface area contributed by atoms with Crippen LogP contribution in [-0.2, 0) is 4.74 Å². The van der Waals surface area contributed by atoms with Crippen LogP contribution in [0.3, 0.4) is 0 Å². The monoisotopic (exact) mass is 271 g/mol. The number of ether oxygens (including phenoxy) is 1. The summed E-state index contributed by atoms with van der Waals surface area (Å²) in [6.45, 7) is 7.87. The van der Waals surface area contributed by atoms with E-state index in [-0.39, 0.29) is 24.0 Å². The average Bonchev–Trinajstić information content (AvgIpc) is 1.89. The molecule has 1 rings (SSSR count). The highest BCUT2D eigenvalue weighted by atomic mass is 127. The molecule has 0 aromatic heterocycles. The number of nitrogens with zero attached hydrogens (tertiary/aromatic N) is 1. The largest absolute Gasteiger partial charge is 1.00 e. The lowest BCUT2D eigenvalue weighted by molar-refractivity contribution is -0.916. The molecule has 0 bridgehead atoms. The maximum absolute atomic E-state index is 5.30. The van der Waals surface area contributed by atoms with Gasteiger partial charge < -0.3 is 33.2 Å². The van der Waals surface area contributed by atoms with Gasteiger partial charge in [0.1, 0.15) is 13.1 Å². The molecule has 1 heterocycles. The lowest BCUT2D eigenvalue weighted by atomic mass is 10.3. The Bertz CT molecular complexity index is 96.8. The Labute approximate surface area is 86.5 Å². The third-order valence-corrected chi connectivity index (χ3v) is 2.31. The minimum atomic E-state index is 0. The molecule has 11 heavy (non-hydrogen) atoms. The van der Waals surface area contributed by atoms with Gasteiger partial charge in [0, 0.05) is 0 Å². The summed E-state index contributed by atoms with van der Waals surface area (Å²) in [4.78, 5) is 0. The third-order valence-electron chi connectivity index (χ3n) is 2.31. The second kappa shape index (κ2) is 5.32. The molecule has 0 aromatic carbocycles. The molecule has 0 saturated carbocycles. The van der Waals surface area contributed by atoms with E-state index in [2.05, 4.69) is 14.0 Å². The molecule has 68 valence electrons. The van der Waals surface area contributed by atoms with Gasteiger partial charge >= 0.3 is 0 Å². The Hall–Kier alpha value is 0.650. The standard InChI is InChI=1S/C8H18NO.HI/c1-3-4-9(2)5-7-10-8-6-9;/h3-8H2,1-2H3;1H/q+1;/p-1. The van der Waals surface area contributed by atoms with E-state index in [9.17, 15) is 0 Å². The van der Waals surface area contributed by atoms with Crippen LogP contribution < -0.4 is 24.0 Å². The highest BCUT2D eigenvalue weighted by Crippen LogP contribution is 2.07. The second-order valence-corrected chi connectivity index (χ2v) is 3.40. The molecule has 0 aliphatic carbocycles. The van der Waals surface area contributed by atoms with E-state index in [1.54, 1.807) is 0 Å². The molecule has 0 aromatic rings. The molecule has 1 aliphatic heterocycles.